The SMILES string of the molecule is [Cl][Ti]([Cl])([c]1ccccc1)[N]1CCCNCCC1. The Bertz CT molecular complexity index is 338. The maximum atomic E-state index is 6.72. The average Bonchev–Trinajstić information content (AvgIpc) is 2.29. The molecule has 0 saturated carbocycles. The van der Waals surface area contributed by atoms with Crippen molar-refractivity contribution in [3.05, 3.63) is 30.3 Å². The van der Waals surface area contributed by atoms with E-state index < -0.39 is 14.7 Å². The number of nitrogens with one attached hydrogen (secondary N) is 1. The molecule has 0 atom stereocenters. The van der Waals surface area contributed by atoms with E-state index in [1.54, 1.807) is 0 Å². The fourth-order valence-electron chi connectivity index (χ4n) is 2.13. The van der Waals surface area contributed by atoms with Crippen LogP contribution < -0.4 is 9.18 Å². The fourth-order valence-corrected chi connectivity index (χ4v) is 7.43. The molecule has 5 heteroatoms. The number of hydrogen-bond acceptors (Lipinski definition) is 2. The van der Waals surface area contributed by atoms with E-state index in [1.807, 2.05) is 18.2 Å². The number of nitrogens with zero attached hydrogens (tertiary/aromatic N) is 1. The summed E-state index contributed by atoms with van der Waals surface area (Å²) in [5.74, 6) is 0. The molecule has 0 spiro atoms. The van der Waals surface area contributed by atoms with Crippen molar-refractivity contribution in [3.63, 3.8) is 0 Å². The summed E-state index contributed by atoms with van der Waals surface area (Å²) in [6, 6.07) is 10.2. The summed E-state index contributed by atoms with van der Waals surface area (Å²) in [6.07, 6.45) is 2.25. The van der Waals surface area contributed by atoms with Crippen molar-refractivity contribution in [3.8, 4) is 0 Å². The van der Waals surface area contributed by atoms with E-state index in [2.05, 4.69) is 20.8 Å². The Hall–Kier alpha value is 0.434. The average molecular weight is 309 g/mol. The van der Waals surface area contributed by atoms with Crippen LogP contribution in [0.15, 0.2) is 30.3 Å². The standard InChI is InChI=1S/C6H13N2.C6H5.2ClH.Ti/c1-3-7-5-2-6-8-4-1;1-2-4-6-5-3-1;;;/h7H,1-6H2;1-5H;2*1H;/q-1;;;;+3/p-2. The Balaban J connectivity index is 2.12. The summed E-state index contributed by atoms with van der Waals surface area (Å²) in [4.78, 5) is 0. The molecule has 1 heterocycles. The van der Waals surface area contributed by atoms with Gasteiger partial charge in [0.05, 0.1) is 0 Å². The van der Waals surface area contributed by atoms with Gasteiger partial charge >= 0.3 is 115 Å². The van der Waals surface area contributed by atoms with Crippen molar-refractivity contribution >= 4 is 22.5 Å². The van der Waals surface area contributed by atoms with E-state index in [4.69, 9.17) is 18.6 Å². The number of hydrogen-bond donors (Lipinski definition) is 1. The van der Waals surface area contributed by atoms with Crippen molar-refractivity contribution in [1.82, 2.24) is 8.70 Å². The molecule has 0 amide bonds. The van der Waals surface area contributed by atoms with Gasteiger partial charge in [0.15, 0.2) is 0 Å². The van der Waals surface area contributed by atoms with Crippen LogP contribution in [0.1, 0.15) is 12.8 Å². The number of halogens is 2. The van der Waals surface area contributed by atoms with Crippen LogP contribution in [0.25, 0.3) is 0 Å². The summed E-state index contributed by atoms with van der Waals surface area (Å²) in [5.41, 5.74) is 0. The molecule has 2 rings (SSSR count). The van der Waals surface area contributed by atoms with Crippen LogP contribution in [-0.4, -0.2) is 29.6 Å². The Morgan fingerprint density at radius 1 is 1.00 bits per heavy atom. The van der Waals surface area contributed by atoms with E-state index in [0.29, 0.717) is 0 Å². The molecule has 0 aromatic heterocycles. The van der Waals surface area contributed by atoms with Crippen LogP contribution >= 0.6 is 18.6 Å². The minimum atomic E-state index is -3.04. The van der Waals surface area contributed by atoms with Crippen LogP contribution in [0.5, 0.6) is 0 Å². The Kier molecular flexibility index (Phi) is 5.34. The van der Waals surface area contributed by atoms with Crippen LogP contribution in [0.3, 0.4) is 0 Å². The minimum absolute atomic E-state index is 1.01. The van der Waals surface area contributed by atoms with Gasteiger partial charge in [-0.3, -0.25) is 0 Å². The Morgan fingerprint density at radius 2 is 1.59 bits per heavy atom. The van der Waals surface area contributed by atoms with E-state index in [1.165, 1.54) is 0 Å². The van der Waals surface area contributed by atoms with Gasteiger partial charge in [-0.1, -0.05) is 0 Å². The van der Waals surface area contributed by atoms with E-state index in [-0.39, 0.29) is 0 Å². The molecule has 0 unspecified atom stereocenters. The predicted molar refractivity (Wildman–Crippen MR) is 71.5 cm³/mol. The molecule has 94 valence electrons. The second-order valence-corrected chi connectivity index (χ2v) is 13.2. The number of rotatable bonds is 2. The third kappa shape index (κ3) is 3.70. The maximum absolute atomic E-state index is 6.72. The second-order valence-electron chi connectivity index (χ2n) is 4.35. The van der Waals surface area contributed by atoms with Crippen molar-refractivity contribution in [2.24, 2.45) is 0 Å². The second kappa shape index (κ2) is 6.56. The summed E-state index contributed by atoms with van der Waals surface area (Å²) in [5, 5.41) is 3.41. The van der Waals surface area contributed by atoms with Crippen LogP contribution in [0.2, 0.25) is 0 Å². The Labute approximate surface area is 115 Å². The zero-order valence-electron chi connectivity index (χ0n) is 9.83. The molecule has 1 fully saturated rings. The van der Waals surface area contributed by atoms with Crippen molar-refractivity contribution in [2.45, 2.75) is 12.8 Å². The summed E-state index contributed by atoms with van der Waals surface area (Å²) >= 11 is -3.04. The number of benzene rings is 1. The molecule has 0 aliphatic carbocycles. The molecule has 1 aliphatic rings. The molecule has 17 heavy (non-hydrogen) atoms. The molecular weight excluding hydrogens is 291 g/mol. The summed E-state index contributed by atoms with van der Waals surface area (Å²) in [6.45, 7) is 4.15. The molecule has 1 N–H and O–H groups in total. The normalized spacial score (nSPS) is 19.6. The van der Waals surface area contributed by atoms with Gasteiger partial charge in [-0.25, -0.2) is 0 Å². The molecule has 0 bridgehead atoms. The first-order valence-corrected chi connectivity index (χ1v) is 11.9. The monoisotopic (exact) mass is 308 g/mol. The third-order valence-electron chi connectivity index (χ3n) is 3.08. The van der Waals surface area contributed by atoms with Gasteiger partial charge in [-0.05, 0) is 0 Å². The van der Waals surface area contributed by atoms with Gasteiger partial charge in [-0.2, -0.15) is 0 Å². The summed E-state index contributed by atoms with van der Waals surface area (Å²) < 4.78 is 3.49. The molecule has 1 aromatic carbocycles. The van der Waals surface area contributed by atoms with Crippen LogP contribution in [0.4, 0.5) is 0 Å². The van der Waals surface area contributed by atoms with Gasteiger partial charge in [0, 0.05) is 0 Å². The molecule has 0 radical (unpaired) electrons. The zero-order valence-corrected chi connectivity index (χ0v) is 12.9. The molecule has 1 aromatic rings. The van der Waals surface area contributed by atoms with E-state index >= 15 is 0 Å². The first-order valence-electron chi connectivity index (χ1n) is 6.10. The quantitative estimate of drug-likeness (QED) is 0.844. The van der Waals surface area contributed by atoms with Crippen LogP contribution in [-0.2, 0) is 14.7 Å². The molecule has 1 saturated heterocycles. The predicted octanol–water partition coefficient (Wildman–Crippen LogP) is 2.37. The zero-order chi connectivity index (χ0) is 12.1. The van der Waals surface area contributed by atoms with Gasteiger partial charge < -0.3 is 0 Å². The topological polar surface area (TPSA) is 15.3 Å². The van der Waals surface area contributed by atoms with Gasteiger partial charge in [0.1, 0.15) is 0 Å². The molecular formula is C12H18Cl2N2Ti. The van der Waals surface area contributed by atoms with Crippen molar-refractivity contribution in [2.75, 3.05) is 26.2 Å². The fraction of sp³-hybridized carbons (Fsp3) is 0.500. The molecule has 1 aliphatic heterocycles. The first kappa shape index (κ1) is 13.9. The first-order chi connectivity index (χ1) is 8.21. The van der Waals surface area contributed by atoms with Gasteiger partial charge in [0.25, 0.3) is 0 Å². The van der Waals surface area contributed by atoms with Gasteiger partial charge in [-0.15, -0.1) is 0 Å². The van der Waals surface area contributed by atoms with Crippen molar-refractivity contribution < 1.29 is 14.7 Å². The molecule has 2 nitrogen and oxygen atoms in total. The van der Waals surface area contributed by atoms with E-state index in [9.17, 15) is 0 Å². The van der Waals surface area contributed by atoms with Crippen LogP contribution in [0, 0.1) is 0 Å². The Morgan fingerprint density at radius 3 is 2.18 bits per heavy atom. The third-order valence-corrected chi connectivity index (χ3v) is 10.4. The van der Waals surface area contributed by atoms with Gasteiger partial charge in [0.2, 0.25) is 0 Å². The van der Waals surface area contributed by atoms with Crippen molar-refractivity contribution in [1.29, 1.82) is 0 Å². The van der Waals surface area contributed by atoms with E-state index in [0.717, 1.165) is 42.9 Å². The summed E-state index contributed by atoms with van der Waals surface area (Å²) in [7, 11) is 13.4.